The van der Waals surface area contributed by atoms with Gasteiger partial charge in [0.25, 0.3) is 0 Å². The van der Waals surface area contributed by atoms with Crippen molar-refractivity contribution in [2.45, 2.75) is 38.2 Å². The normalized spacial score (nSPS) is 29.9. The molecule has 0 spiro atoms. The minimum Gasteiger partial charge on any atom is -0.211 e. The van der Waals surface area contributed by atoms with Gasteiger partial charge in [0, 0.05) is 5.92 Å². The third-order valence-corrected chi connectivity index (χ3v) is 2.36. The molecule has 1 rings (SSSR count). The second kappa shape index (κ2) is 3.31. The molecule has 0 aromatic heterocycles. The van der Waals surface area contributed by atoms with Crippen molar-refractivity contribution in [1.82, 2.24) is 0 Å². The number of nitrogens with zero attached hydrogens (tertiary/aromatic N) is 1. The lowest BCUT2D eigenvalue weighted by atomic mass is 10.0. The predicted octanol–water partition coefficient (Wildman–Crippen LogP) is 2.15. The van der Waals surface area contributed by atoms with E-state index in [0.717, 1.165) is 6.92 Å². The van der Waals surface area contributed by atoms with Crippen LogP contribution >= 0.6 is 0 Å². The summed E-state index contributed by atoms with van der Waals surface area (Å²) in [5, 5.41) is 0. The second-order valence-electron chi connectivity index (χ2n) is 3.34. The first-order chi connectivity index (χ1) is 5.54. The summed E-state index contributed by atoms with van der Waals surface area (Å²) in [6, 6.07) is -0.224. The zero-order valence-corrected chi connectivity index (χ0v) is 6.89. The molecule has 0 N–H and O–H groups in total. The first-order valence-corrected chi connectivity index (χ1v) is 3.99. The van der Waals surface area contributed by atoms with E-state index in [9.17, 15) is 13.6 Å². The summed E-state index contributed by atoms with van der Waals surface area (Å²) in [6.07, 6.45) is 2.77. The number of halogens is 2. The molecule has 2 unspecified atom stereocenters. The van der Waals surface area contributed by atoms with Gasteiger partial charge in [-0.15, -0.1) is 0 Å². The smallest absolute Gasteiger partial charge is 0.211 e. The summed E-state index contributed by atoms with van der Waals surface area (Å²) in [6.45, 7) is 0.921. The van der Waals surface area contributed by atoms with E-state index in [1.54, 1.807) is 0 Å². The number of isocyanates is 1. The third kappa shape index (κ3) is 2.11. The summed E-state index contributed by atoms with van der Waals surface area (Å²) in [5.74, 6) is -3.24. The predicted molar refractivity (Wildman–Crippen MR) is 39.9 cm³/mol. The van der Waals surface area contributed by atoms with Gasteiger partial charge in [-0.1, -0.05) is 0 Å². The molecule has 1 saturated carbocycles. The summed E-state index contributed by atoms with van der Waals surface area (Å²) < 4.78 is 25.4. The van der Waals surface area contributed by atoms with Crippen LogP contribution in [-0.4, -0.2) is 18.0 Å². The molecule has 1 fully saturated rings. The standard InChI is InChI=1S/C8H11F2NO/c1-8(9,10)6-2-3-7(4-6)11-5-12/h6-7H,2-4H2,1H3. The van der Waals surface area contributed by atoms with Crippen molar-refractivity contribution in [3.63, 3.8) is 0 Å². The Bertz CT molecular complexity index is 206. The molecule has 0 bridgehead atoms. The van der Waals surface area contributed by atoms with Crippen molar-refractivity contribution in [1.29, 1.82) is 0 Å². The lowest BCUT2D eigenvalue weighted by Crippen LogP contribution is -2.22. The third-order valence-electron chi connectivity index (χ3n) is 2.36. The van der Waals surface area contributed by atoms with E-state index in [2.05, 4.69) is 4.99 Å². The number of hydrogen-bond donors (Lipinski definition) is 0. The Hall–Kier alpha value is -0.760. The van der Waals surface area contributed by atoms with Gasteiger partial charge in [0.15, 0.2) is 0 Å². The number of aliphatic imine (C=N–C) groups is 1. The SMILES string of the molecule is CC(F)(F)C1CCC(N=C=O)C1. The average Bonchev–Trinajstić information content (AvgIpc) is 2.35. The average molecular weight is 175 g/mol. The molecule has 0 radical (unpaired) electrons. The lowest BCUT2D eigenvalue weighted by Gasteiger charge is -2.17. The van der Waals surface area contributed by atoms with E-state index in [4.69, 9.17) is 0 Å². The van der Waals surface area contributed by atoms with E-state index in [0.29, 0.717) is 19.3 Å². The summed E-state index contributed by atoms with van der Waals surface area (Å²) >= 11 is 0. The molecular weight excluding hydrogens is 164 g/mol. The van der Waals surface area contributed by atoms with Crippen LogP contribution in [0.5, 0.6) is 0 Å². The zero-order valence-electron chi connectivity index (χ0n) is 6.89. The Labute approximate surface area is 69.7 Å². The van der Waals surface area contributed by atoms with Crippen molar-refractivity contribution < 1.29 is 13.6 Å². The maximum absolute atomic E-state index is 12.7. The lowest BCUT2D eigenvalue weighted by molar-refractivity contribution is -0.0371. The minimum absolute atomic E-state index is 0.224. The molecule has 68 valence electrons. The van der Waals surface area contributed by atoms with E-state index in [-0.39, 0.29) is 6.04 Å². The summed E-state index contributed by atoms with van der Waals surface area (Å²) in [7, 11) is 0. The van der Waals surface area contributed by atoms with Crippen molar-refractivity contribution in [2.24, 2.45) is 10.9 Å². The molecule has 2 atom stereocenters. The molecule has 12 heavy (non-hydrogen) atoms. The van der Waals surface area contributed by atoms with Gasteiger partial charge in [-0.3, -0.25) is 0 Å². The van der Waals surface area contributed by atoms with E-state index >= 15 is 0 Å². The van der Waals surface area contributed by atoms with Gasteiger partial charge < -0.3 is 0 Å². The van der Waals surface area contributed by atoms with Gasteiger partial charge in [0.2, 0.25) is 12.0 Å². The second-order valence-corrected chi connectivity index (χ2v) is 3.34. The highest BCUT2D eigenvalue weighted by Gasteiger charge is 2.39. The van der Waals surface area contributed by atoms with Gasteiger partial charge in [-0.25, -0.2) is 18.6 Å². The summed E-state index contributed by atoms with van der Waals surface area (Å²) in [4.78, 5) is 13.3. The van der Waals surface area contributed by atoms with Crippen LogP contribution in [0.25, 0.3) is 0 Å². The molecule has 0 aromatic carbocycles. The molecule has 0 aromatic rings. The van der Waals surface area contributed by atoms with E-state index < -0.39 is 11.8 Å². The fourth-order valence-electron chi connectivity index (χ4n) is 1.61. The first-order valence-electron chi connectivity index (χ1n) is 3.99. The Morgan fingerprint density at radius 2 is 2.17 bits per heavy atom. The van der Waals surface area contributed by atoms with Crippen LogP contribution in [0, 0.1) is 5.92 Å². The number of alkyl halides is 2. The van der Waals surface area contributed by atoms with Gasteiger partial charge >= 0.3 is 0 Å². The number of carbonyl (C=O) groups excluding carboxylic acids is 1. The fraction of sp³-hybridized carbons (Fsp3) is 0.875. The Kier molecular flexibility index (Phi) is 2.58. The summed E-state index contributed by atoms with van der Waals surface area (Å²) in [5.41, 5.74) is 0. The van der Waals surface area contributed by atoms with Crippen LogP contribution in [-0.2, 0) is 4.79 Å². The van der Waals surface area contributed by atoms with Crippen molar-refractivity contribution >= 4 is 6.08 Å². The minimum atomic E-state index is -2.63. The van der Waals surface area contributed by atoms with Gasteiger partial charge in [-0.2, -0.15) is 0 Å². The van der Waals surface area contributed by atoms with Gasteiger partial charge in [0.1, 0.15) is 0 Å². The largest absolute Gasteiger partial charge is 0.248 e. The molecule has 0 heterocycles. The molecular formula is C8H11F2NO. The van der Waals surface area contributed by atoms with Crippen LogP contribution in [0.2, 0.25) is 0 Å². The molecule has 1 aliphatic carbocycles. The first kappa shape index (κ1) is 9.33. The molecule has 1 aliphatic rings. The molecule has 2 nitrogen and oxygen atoms in total. The van der Waals surface area contributed by atoms with Crippen LogP contribution in [0.15, 0.2) is 4.99 Å². The zero-order chi connectivity index (χ0) is 9.19. The van der Waals surface area contributed by atoms with E-state index in [1.807, 2.05) is 0 Å². The van der Waals surface area contributed by atoms with Gasteiger partial charge in [-0.05, 0) is 26.2 Å². The molecule has 4 heteroatoms. The Balaban J connectivity index is 2.51. The molecule has 0 saturated heterocycles. The van der Waals surface area contributed by atoms with Gasteiger partial charge in [0.05, 0.1) is 6.04 Å². The Morgan fingerprint density at radius 1 is 1.50 bits per heavy atom. The number of rotatable bonds is 2. The maximum Gasteiger partial charge on any atom is 0.248 e. The van der Waals surface area contributed by atoms with Crippen LogP contribution in [0.4, 0.5) is 8.78 Å². The quantitative estimate of drug-likeness (QED) is 0.467. The van der Waals surface area contributed by atoms with Crippen LogP contribution in [0.1, 0.15) is 26.2 Å². The highest BCUT2D eigenvalue weighted by atomic mass is 19.3. The van der Waals surface area contributed by atoms with Crippen molar-refractivity contribution in [3.8, 4) is 0 Å². The van der Waals surface area contributed by atoms with Crippen LogP contribution in [0.3, 0.4) is 0 Å². The Morgan fingerprint density at radius 3 is 2.58 bits per heavy atom. The van der Waals surface area contributed by atoms with Crippen molar-refractivity contribution in [2.75, 3.05) is 0 Å². The van der Waals surface area contributed by atoms with Crippen molar-refractivity contribution in [3.05, 3.63) is 0 Å². The molecule has 0 amide bonds. The monoisotopic (exact) mass is 175 g/mol. The highest BCUT2D eigenvalue weighted by Crippen LogP contribution is 2.38. The maximum atomic E-state index is 12.7. The number of hydrogen-bond acceptors (Lipinski definition) is 2. The highest BCUT2D eigenvalue weighted by molar-refractivity contribution is 5.33. The topological polar surface area (TPSA) is 29.4 Å². The fourth-order valence-corrected chi connectivity index (χ4v) is 1.61. The van der Waals surface area contributed by atoms with E-state index in [1.165, 1.54) is 6.08 Å². The van der Waals surface area contributed by atoms with Crippen LogP contribution < -0.4 is 0 Å². The molecule has 0 aliphatic heterocycles.